The molecule has 0 spiro atoms. The third-order valence-corrected chi connectivity index (χ3v) is 6.86. The van der Waals surface area contributed by atoms with Crippen molar-refractivity contribution in [2.75, 3.05) is 0 Å². The van der Waals surface area contributed by atoms with Crippen molar-refractivity contribution in [2.24, 2.45) is 11.7 Å². The van der Waals surface area contributed by atoms with E-state index in [1.165, 1.54) is 4.90 Å². The number of carbonyl (C=O) groups is 2. The fraction of sp³-hybridized carbons (Fsp3) is 0.310. The maximum absolute atomic E-state index is 13.8. The number of aliphatic carboxylic acids is 1. The van der Waals surface area contributed by atoms with Crippen molar-refractivity contribution in [2.45, 2.75) is 50.1 Å². The van der Waals surface area contributed by atoms with Crippen molar-refractivity contribution in [3.05, 3.63) is 107 Å². The summed E-state index contributed by atoms with van der Waals surface area (Å²) in [6.45, 7) is 0.131. The number of amides is 1. The van der Waals surface area contributed by atoms with E-state index in [0.29, 0.717) is 12.8 Å². The van der Waals surface area contributed by atoms with E-state index in [0.717, 1.165) is 22.3 Å². The van der Waals surface area contributed by atoms with Crippen LogP contribution in [0.25, 0.3) is 0 Å². The summed E-state index contributed by atoms with van der Waals surface area (Å²) in [5, 5.41) is 31.8. The van der Waals surface area contributed by atoms with E-state index in [1.54, 1.807) is 0 Å². The second-order valence-electron chi connectivity index (χ2n) is 9.41. The molecule has 0 saturated heterocycles. The Morgan fingerprint density at radius 2 is 1.50 bits per heavy atom. The van der Waals surface area contributed by atoms with Gasteiger partial charge in [-0.1, -0.05) is 84.9 Å². The van der Waals surface area contributed by atoms with Crippen LogP contribution in [0.1, 0.15) is 34.7 Å². The summed E-state index contributed by atoms with van der Waals surface area (Å²) in [4.78, 5) is 27.6. The zero-order valence-corrected chi connectivity index (χ0v) is 20.0. The number of aliphatic hydroxyl groups excluding tert-OH is 2. The number of carboxylic acid groups (broad SMARTS) is 1. The van der Waals surface area contributed by atoms with E-state index < -0.39 is 42.1 Å². The van der Waals surface area contributed by atoms with Crippen molar-refractivity contribution < 1.29 is 24.9 Å². The van der Waals surface area contributed by atoms with Crippen molar-refractivity contribution >= 4 is 11.9 Å². The van der Waals surface area contributed by atoms with Crippen LogP contribution in [0.15, 0.2) is 84.9 Å². The van der Waals surface area contributed by atoms with Crippen LogP contribution in [0, 0.1) is 5.92 Å². The molecule has 0 unspecified atom stereocenters. The number of nitrogens with zero attached hydrogens (tertiary/aromatic N) is 1. The lowest BCUT2D eigenvalue weighted by molar-refractivity contribution is -0.155. The van der Waals surface area contributed by atoms with Crippen molar-refractivity contribution in [3.8, 4) is 0 Å². The Morgan fingerprint density at radius 3 is 2.14 bits per heavy atom. The van der Waals surface area contributed by atoms with Crippen LogP contribution in [0.4, 0.5) is 0 Å². The average Bonchev–Trinajstić information content (AvgIpc) is 3.21. The minimum absolute atomic E-state index is 0.131. The number of carboxylic acids is 1. The first kappa shape index (κ1) is 25.6. The summed E-state index contributed by atoms with van der Waals surface area (Å²) in [5.74, 6) is -3.49. The van der Waals surface area contributed by atoms with E-state index in [2.05, 4.69) is 0 Å². The number of hydrogen-bond acceptors (Lipinski definition) is 5. The zero-order valence-electron chi connectivity index (χ0n) is 20.0. The molecule has 3 aromatic rings. The number of benzene rings is 3. The second-order valence-corrected chi connectivity index (χ2v) is 9.41. The van der Waals surface area contributed by atoms with E-state index >= 15 is 0 Å². The summed E-state index contributed by atoms with van der Waals surface area (Å²) >= 11 is 0. The maximum atomic E-state index is 13.8. The minimum Gasteiger partial charge on any atom is -0.481 e. The molecule has 0 aromatic heterocycles. The summed E-state index contributed by atoms with van der Waals surface area (Å²) in [6, 6.07) is 24.7. The molecule has 188 valence electrons. The first-order chi connectivity index (χ1) is 17.3. The normalized spacial score (nSPS) is 19.2. The van der Waals surface area contributed by atoms with Gasteiger partial charge in [0.15, 0.2) is 0 Å². The van der Waals surface area contributed by atoms with Gasteiger partial charge >= 0.3 is 5.97 Å². The molecule has 7 heteroatoms. The number of rotatable bonds is 10. The molecule has 0 saturated carbocycles. The molecule has 0 aliphatic heterocycles. The third-order valence-electron chi connectivity index (χ3n) is 6.86. The Balaban J connectivity index is 1.59. The highest BCUT2D eigenvalue weighted by Crippen LogP contribution is 2.38. The topological polar surface area (TPSA) is 124 Å². The summed E-state index contributed by atoms with van der Waals surface area (Å²) < 4.78 is 0. The highest BCUT2D eigenvalue weighted by atomic mass is 16.4. The lowest BCUT2D eigenvalue weighted by atomic mass is 9.92. The molecule has 0 heterocycles. The van der Waals surface area contributed by atoms with Crippen LogP contribution in [-0.4, -0.2) is 50.3 Å². The maximum Gasteiger partial charge on any atom is 0.316 e. The monoisotopic (exact) mass is 488 g/mol. The summed E-state index contributed by atoms with van der Waals surface area (Å²) in [7, 11) is 0. The first-order valence-electron chi connectivity index (χ1n) is 12.2. The van der Waals surface area contributed by atoms with E-state index in [4.69, 9.17) is 5.73 Å². The van der Waals surface area contributed by atoms with Gasteiger partial charge in [-0.2, -0.15) is 0 Å². The van der Waals surface area contributed by atoms with Crippen LogP contribution in [-0.2, 0) is 29.0 Å². The fourth-order valence-corrected chi connectivity index (χ4v) is 4.97. The number of fused-ring (bicyclic) bond motifs is 1. The smallest absolute Gasteiger partial charge is 0.316 e. The van der Waals surface area contributed by atoms with Gasteiger partial charge in [0, 0.05) is 19.0 Å². The average molecular weight is 489 g/mol. The molecular formula is C29H32N2O5. The molecule has 0 fully saturated rings. The highest BCUT2D eigenvalue weighted by Gasteiger charge is 2.42. The SMILES string of the molecule is N[C@@H](Cc1ccccc1)[C@@H](O)C[C@@H](C(=O)O)C(=O)N(Cc1ccccc1)[C@H]1c2ccccc2C[C@H]1O. The summed E-state index contributed by atoms with van der Waals surface area (Å²) in [5.41, 5.74) is 9.66. The van der Waals surface area contributed by atoms with Crippen LogP contribution in [0.3, 0.4) is 0 Å². The molecule has 1 aliphatic carbocycles. The Morgan fingerprint density at radius 1 is 0.917 bits per heavy atom. The van der Waals surface area contributed by atoms with Gasteiger partial charge in [-0.25, -0.2) is 0 Å². The van der Waals surface area contributed by atoms with E-state index in [9.17, 15) is 24.9 Å². The van der Waals surface area contributed by atoms with Gasteiger partial charge in [-0.05, 0) is 35.1 Å². The quantitative estimate of drug-likeness (QED) is 0.325. The van der Waals surface area contributed by atoms with Gasteiger partial charge in [0.1, 0.15) is 5.92 Å². The van der Waals surface area contributed by atoms with Gasteiger partial charge < -0.3 is 26.0 Å². The number of aliphatic hydroxyl groups is 2. The van der Waals surface area contributed by atoms with Gasteiger partial charge in [0.25, 0.3) is 0 Å². The molecule has 5 atom stereocenters. The Labute approximate surface area is 210 Å². The fourth-order valence-electron chi connectivity index (χ4n) is 4.97. The van der Waals surface area contributed by atoms with Gasteiger partial charge in [0.05, 0.1) is 18.2 Å². The molecule has 5 N–H and O–H groups in total. The predicted octanol–water partition coefficient (Wildman–Crippen LogP) is 2.70. The molecule has 0 radical (unpaired) electrons. The molecule has 3 aromatic carbocycles. The molecule has 7 nitrogen and oxygen atoms in total. The molecule has 1 aliphatic rings. The standard InChI is InChI=1S/C29H32N2O5/c30-24(15-19-9-3-1-4-10-19)25(32)17-23(29(35)36)28(34)31(18-20-11-5-2-6-12-20)27-22-14-8-7-13-21(22)16-26(27)33/h1-14,23-27,32-33H,15-18,30H2,(H,35,36)/t23-,24+,25+,26-,27+/m1/s1. The Hall–Kier alpha value is -3.52. The van der Waals surface area contributed by atoms with Crippen LogP contribution in [0.2, 0.25) is 0 Å². The molecule has 0 bridgehead atoms. The lowest BCUT2D eigenvalue weighted by Gasteiger charge is -2.34. The minimum atomic E-state index is -1.51. The highest BCUT2D eigenvalue weighted by molar-refractivity contribution is 5.97. The van der Waals surface area contributed by atoms with E-state index in [-0.39, 0.29) is 13.0 Å². The lowest BCUT2D eigenvalue weighted by Crippen LogP contribution is -2.47. The van der Waals surface area contributed by atoms with E-state index in [1.807, 2.05) is 84.9 Å². The number of nitrogens with two attached hydrogens (primary N) is 1. The van der Waals surface area contributed by atoms with Gasteiger partial charge in [-0.15, -0.1) is 0 Å². The largest absolute Gasteiger partial charge is 0.481 e. The van der Waals surface area contributed by atoms with Crippen LogP contribution >= 0.6 is 0 Å². The number of carbonyl (C=O) groups excluding carboxylic acids is 1. The zero-order chi connectivity index (χ0) is 25.7. The number of hydrogen-bond donors (Lipinski definition) is 4. The van der Waals surface area contributed by atoms with Crippen molar-refractivity contribution in [3.63, 3.8) is 0 Å². The molecule has 36 heavy (non-hydrogen) atoms. The third kappa shape index (κ3) is 5.82. The van der Waals surface area contributed by atoms with Crippen LogP contribution < -0.4 is 5.73 Å². The van der Waals surface area contributed by atoms with Crippen molar-refractivity contribution in [1.29, 1.82) is 0 Å². The summed E-state index contributed by atoms with van der Waals surface area (Å²) in [6.07, 6.45) is -1.66. The van der Waals surface area contributed by atoms with Crippen LogP contribution in [0.5, 0.6) is 0 Å². The molecule has 4 rings (SSSR count). The Bertz CT molecular complexity index is 1170. The van der Waals surface area contributed by atoms with Gasteiger partial charge in [-0.3, -0.25) is 9.59 Å². The van der Waals surface area contributed by atoms with Crippen molar-refractivity contribution in [1.82, 2.24) is 4.90 Å². The molecule has 1 amide bonds. The Kier molecular flexibility index (Phi) is 8.15. The van der Waals surface area contributed by atoms with Gasteiger partial charge in [0.2, 0.25) is 5.91 Å². The first-order valence-corrected chi connectivity index (χ1v) is 12.2. The second kappa shape index (κ2) is 11.5. The molecular weight excluding hydrogens is 456 g/mol. The predicted molar refractivity (Wildman–Crippen MR) is 136 cm³/mol.